The maximum atomic E-state index is 12.3. The molecule has 2 aromatic heterocycles. The summed E-state index contributed by atoms with van der Waals surface area (Å²) in [4.78, 5) is 23.5. The molecule has 0 aliphatic carbocycles. The van der Waals surface area contributed by atoms with Gasteiger partial charge in [0.2, 0.25) is 5.95 Å². The lowest BCUT2D eigenvalue weighted by Crippen LogP contribution is -2.33. The minimum absolute atomic E-state index is 0.116. The van der Waals surface area contributed by atoms with Crippen molar-refractivity contribution in [2.45, 2.75) is 45.3 Å². The standard InChI is InChI=1S/C15H23N5O5/c1-6(2)4-16-15-18-12-9(13(24)19-15)17-7(3)20(12)14-11(23)10(22)8(5-21)25-14/h6,8,10-11,14,21-23H,4-5H2,1-3H3,(H2,16,18,19,24)/t8-,10?,11?,14-/m1/s1. The highest BCUT2D eigenvalue weighted by Crippen LogP contribution is 2.32. The van der Waals surface area contributed by atoms with Crippen molar-refractivity contribution >= 4 is 17.1 Å². The molecule has 0 radical (unpaired) electrons. The van der Waals surface area contributed by atoms with E-state index in [1.165, 1.54) is 4.57 Å². The van der Waals surface area contributed by atoms with Crippen molar-refractivity contribution in [2.24, 2.45) is 5.92 Å². The van der Waals surface area contributed by atoms with Gasteiger partial charge in [-0.2, -0.15) is 4.98 Å². The van der Waals surface area contributed by atoms with E-state index >= 15 is 0 Å². The second-order valence-corrected chi connectivity index (χ2v) is 6.62. The first-order chi connectivity index (χ1) is 11.8. The van der Waals surface area contributed by atoms with Crippen LogP contribution < -0.4 is 10.9 Å². The number of ether oxygens (including phenoxy) is 1. The van der Waals surface area contributed by atoms with Crippen molar-refractivity contribution in [2.75, 3.05) is 18.5 Å². The van der Waals surface area contributed by atoms with E-state index in [-0.39, 0.29) is 11.2 Å². The number of anilines is 1. The van der Waals surface area contributed by atoms with Crippen molar-refractivity contribution in [3.63, 3.8) is 0 Å². The number of H-pyrrole nitrogens is 1. The molecule has 10 nitrogen and oxygen atoms in total. The number of aryl methyl sites for hydroxylation is 1. The third-order valence-electron chi connectivity index (χ3n) is 4.18. The number of aromatic amines is 1. The van der Waals surface area contributed by atoms with Gasteiger partial charge in [-0.1, -0.05) is 13.8 Å². The summed E-state index contributed by atoms with van der Waals surface area (Å²) >= 11 is 0. The summed E-state index contributed by atoms with van der Waals surface area (Å²) in [5, 5.41) is 32.5. The van der Waals surface area contributed by atoms with Crippen LogP contribution in [0.1, 0.15) is 25.9 Å². The molecule has 0 aromatic carbocycles. The Hall–Kier alpha value is -2.01. The van der Waals surface area contributed by atoms with Crippen LogP contribution in [0.25, 0.3) is 11.2 Å². The molecule has 10 heteroatoms. The summed E-state index contributed by atoms with van der Waals surface area (Å²) in [5.41, 5.74) is -0.0578. The van der Waals surface area contributed by atoms with E-state index in [4.69, 9.17) is 4.74 Å². The summed E-state index contributed by atoms with van der Waals surface area (Å²) in [6, 6.07) is 0. The van der Waals surface area contributed by atoms with Crippen LogP contribution >= 0.6 is 0 Å². The van der Waals surface area contributed by atoms with Gasteiger partial charge < -0.3 is 25.4 Å². The van der Waals surface area contributed by atoms with Crippen LogP contribution in [0.3, 0.4) is 0 Å². The molecular formula is C15H23N5O5. The lowest BCUT2D eigenvalue weighted by atomic mass is 10.1. The van der Waals surface area contributed by atoms with Gasteiger partial charge in [0.1, 0.15) is 24.1 Å². The van der Waals surface area contributed by atoms with Gasteiger partial charge in [-0.15, -0.1) is 0 Å². The number of aromatic nitrogens is 4. The number of nitrogens with one attached hydrogen (secondary N) is 2. The molecule has 0 amide bonds. The predicted octanol–water partition coefficient (Wildman–Crippen LogP) is -0.893. The molecule has 1 fully saturated rings. The van der Waals surface area contributed by atoms with Gasteiger partial charge in [-0.3, -0.25) is 14.3 Å². The maximum Gasteiger partial charge on any atom is 0.280 e. The number of aliphatic hydroxyl groups excluding tert-OH is 3. The SMILES string of the molecule is Cc1nc2c(=O)[nH]c(NCC(C)C)nc2n1[C@@H]1O[C@H](CO)C(O)C1O. The first kappa shape index (κ1) is 17.8. The molecule has 25 heavy (non-hydrogen) atoms. The molecule has 3 rings (SSSR count). The lowest BCUT2D eigenvalue weighted by Gasteiger charge is -2.18. The fourth-order valence-corrected chi connectivity index (χ4v) is 2.88. The molecule has 3 heterocycles. The van der Waals surface area contributed by atoms with Gasteiger partial charge in [-0.25, -0.2) is 4.98 Å². The molecule has 2 aromatic rings. The van der Waals surface area contributed by atoms with Gasteiger partial charge in [-0.05, 0) is 12.8 Å². The molecular weight excluding hydrogens is 330 g/mol. The average Bonchev–Trinajstić information content (AvgIpc) is 3.03. The molecule has 1 aliphatic rings. The van der Waals surface area contributed by atoms with Crippen molar-refractivity contribution in [1.82, 2.24) is 19.5 Å². The summed E-state index contributed by atoms with van der Waals surface area (Å²) < 4.78 is 7.01. The van der Waals surface area contributed by atoms with Crippen LogP contribution in [0.15, 0.2) is 4.79 Å². The highest BCUT2D eigenvalue weighted by Gasteiger charge is 2.44. The second kappa shape index (κ2) is 6.71. The van der Waals surface area contributed by atoms with Crippen LogP contribution in [-0.4, -0.2) is 66.3 Å². The van der Waals surface area contributed by atoms with E-state index in [2.05, 4.69) is 20.3 Å². The molecule has 0 bridgehead atoms. The third-order valence-corrected chi connectivity index (χ3v) is 4.18. The largest absolute Gasteiger partial charge is 0.394 e. The van der Waals surface area contributed by atoms with Gasteiger partial charge in [0.25, 0.3) is 5.56 Å². The minimum Gasteiger partial charge on any atom is -0.394 e. The molecule has 4 atom stereocenters. The van der Waals surface area contributed by atoms with Gasteiger partial charge in [0.15, 0.2) is 17.4 Å². The topological polar surface area (TPSA) is 146 Å². The van der Waals surface area contributed by atoms with Crippen molar-refractivity contribution < 1.29 is 20.1 Å². The molecule has 1 saturated heterocycles. The lowest BCUT2D eigenvalue weighted by molar-refractivity contribution is -0.0519. The van der Waals surface area contributed by atoms with Crippen LogP contribution in [0, 0.1) is 12.8 Å². The van der Waals surface area contributed by atoms with E-state index < -0.39 is 36.7 Å². The van der Waals surface area contributed by atoms with E-state index in [0.29, 0.717) is 24.2 Å². The van der Waals surface area contributed by atoms with Gasteiger partial charge in [0, 0.05) is 6.54 Å². The van der Waals surface area contributed by atoms with Crippen molar-refractivity contribution in [1.29, 1.82) is 0 Å². The Morgan fingerprint density at radius 2 is 2.04 bits per heavy atom. The normalized spacial score (nSPS) is 26.7. The second-order valence-electron chi connectivity index (χ2n) is 6.62. The quantitative estimate of drug-likeness (QED) is 0.465. The Balaban J connectivity index is 2.06. The van der Waals surface area contributed by atoms with E-state index in [9.17, 15) is 20.1 Å². The Labute approximate surface area is 143 Å². The number of aliphatic hydroxyl groups is 3. The average molecular weight is 353 g/mol. The first-order valence-electron chi connectivity index (χ1n) is 8.18. The smallest absolute Gasteiger partial charge is 0.280 e. The number of nitrogens with zero attached hydrogens (tertiary/aromatic N) is 3. The van der Waals surface area contributed by atoms with Crippen LogP contribution in [0.2, 0.25) is 0 Å². The molecule has 0 spiro atoms. The molecule has 138 valence electrons. The van der Waals surface area contributed by atoms with Crippen LogP contribution in [-0.2, 0) is 4.74 Å². The zero-order chi connectivity index (χ0) is 18.3. The number of hydrogen-bond acceptors (Lipinski definition) is 8. The predicted molar refractivity (Wildman–Crippen MR) is 89.2 cm³/mol. The highest BCUT2D eigenvalue weighted by atomic mass is 16.6. The summed E-state index contributed by atoms with van der Waals surface area (Å²) in [5.74, 6) is 1.05. The molecule has 2 unspecified atom stereocenters. The van der Waals surface area contributed by atoms with Crippen LogP contribution in [0.5, 0.6) is 0 Å². The summed E-state index contributed by atoms with van der Waals surface area (Å²) in [7, 11) is 0. The fraction of sp³-hybridized carbons (Fsp3) is 0.667. The number of fused-ring (bicyclic) bond motifs is 1. The maximum absolute atomic E-state index is 12.3. The van der Waals surface area contributed by atoms with Crippen molar-refractivity contribution in [3.8, 4) is 0 Å². The van der Waals surface area contributed by atoms with Crippen molar-refractivity contribution in [3.05, 3.63) is 16.2 Å². The van der Waals surface area contributed by atoms with E-state index in [1.807, 2.05) is 13.8 Å². The minimum atomic E-state index is -1.28. The fourth-order valence-electron chi connectivity index (χ4n) is 2.88. The molecule has 0 saturated carbocycles. The van der Waals surface area contributed by atoms with Gasteiger partial charge in [0.05, 0.1) is 6.61 Å². The zero-order valence-corrected chi connectivity index (χ0v) is 14.3. The number of imidazole rings is 1. The highest BCUT2D eigenvalue weighted by molar-refractivity contribution is 5.72. The van der Waals surface area contributed by atoms with Gasteiger partial charge >= 0.3 is 0 Å². The van der Waals surface area contributed by atoms with Crippen LogP contribution in [0.4, 0.5) is 5.95 Å². The number of hydrogen-bond donors (Lipinski definition) is 5. The summed E-state index contributed by atoms with van der Waals surface area (Å²) in [6.45, 7) is 5.89. The molecule has 1 aliphatic heterocycles. The first-order valence-corrected chi connectivity index (χ1v) is 8.18. The Morgan fingerprint density at radius 3 is 2.64 bits per heavy atom. The third kappa shape index (κ3) is 3.13. The Bertz CT molecular complexity index is 816. The molecule has 5 N–H and O–H groups in total. The van der Waals surface area contributed by atoms with E-state index in [1.54, 1.807) is 6.92 Å². The monoisotopic (exact) mass is 353 g/mol. The Morgan fingerprint density at radius 1 is 1.32 bits per heavy atom. The Kier molecular flexibility index (Phi) is 4.78. The zero-order valence-electron chi connectivity index (χ0n) is 14.3. The number of rotatable bonds is 5. The van der Waals surface area contributed by atoms with E-state index in [0.717, 1.165) is 0 Å². The summed E-state index contributed by atoms with van der Waals surface area (Å²) in [6.07, 6.45) is -4.43.